The van der Waals surface area contributed by atoms with Crippen LogP contribution in [-0.2, 0) is 0 Å². The fourth-order valence-corrected chi connectivity index (χ4v) is 2.32. The molecule has 6 heteroatoms. The number of hydrogen-bond acceptors (Lipinski definition) is 6. The lowest BCUT2D eigenvalue weighted by Gasteiger charge is -2.10. The third-order valence-corrected chi connectivity index (χ3v) is 3.51. The quantitative estimate of drug-likeness (QED) is 0.636. The van der Waals surface area contributed by atoms with Gasteiger partial charge in [-0.3, -0.25) is 9.59 Å². The SMILES string of the molecule is CC1=C(O)C(=O)c2c(oc3c(C)c(O)c(O)cc23)C1=O. The summed E-state index contributed by atoms with van der Waals surface area (Å²) in [6.45, 7) is 2.81. The number of phenolic OH excluding ortho intramolecular Hbond substituents is 2. The van der Waals surface area contributed by atoms with Gasteiger partial charge in [-0.1, -0.05) is 0 Å². The van der Waals surface area contributed by atoms with Crippen LogP contribution in [0.25, 0.3) is 11.0 Å². The number of furan rings is 1. The maximum absolute atomic E-state index is 12.1. The Kier molecular flexibility index (Phi) is 2.23. The predicted molar refractivity (Wildman–Crippen MR) is 68.3 cm³/mol. The number of aliphatic hydroxyl groups excluding tert-OH is 1. The number of aryl methyl sites for hydroxylation is 1. The van der Waals surface area contributed by atoms with Crippen LogP contribution in [0.15, 0.2) is 21.8 Å². The van der Waals surface area contributed by atoms with Crippen LogP contribution in [0.2, 0.25) is 0 Å². The molecule has 3 N–H and O–H groups in total. The van der Waals surface area contributed by atoms with E-state index in [1.54, 1.807) is 0 Å². The summed E-state index contributed by atoms with van der Waals surface area (Å²) in [6.07, 6.45) is 0. The van der Waals surface area contributed by atoms with Crippen molar-refractivity contribution < 1.29 is 29.3 Å². The van der Waals surface area contributed by atoms with Gasteiger partial charge in [-0.25, -0.2) is 0 Å². The second-order valence-corrected chi connectivity index (χ2v) is 4.68. The van der Waals surface area contributed by atoms with Crippen molar-refractivity contribution in [1.82, 2.24) is 0 Å². The normalized spacial score (nSPS) is 15.1. The Hall–Kier alpha value is -2.76. The van der Waals surface area contributed by atoms with E-state index >= 15 is 0 Å². The minimum atomic E-state index is -0.736. The van der Waals surface area contributed by atoms with Gasteiger partial charge in [0.15, 0.2) is 23.0 Å². The summed E-state index contributed by atoms with van der Waals surface area (Å²) in [5, 5.41) is 29.2. The smallest absolute Gasteiger partial charge is 0.232 e. The zero-order valence-corrected chi connectivity index (χ0v) is 10.6. The number of Topliss-reactive ketones (excluding diaryl/α,β-unsaturated/α-hetero) is 2. The van der Waals surface area contributed by atoms with Crippen molar-refractivity contribution in [3.8, 4) is 11.5 Å². The van der Waals surface area contributed by atoms with Crippen molar-refractivity contribution >= 4 is 22.5 Å². The molecule has 20 heavy (non-hydrogen) atoms. The molecule has 0 atom stereocenters. The molecule has 0 unspecified atom stereocenters. The number of carbonyl (C=O) groups excluding carboxylic acids is 2. The number of rotatable bonds is 0. The largest absolute Gasteiger partial charge is 0.504 e. The van der Waals surface area contributed by atoms with Gasteiger partial charge < -0.3 is 19.7 Å². The van der Waals surface area contributed by atoms with Crippen LogP contribution in [0.5, 0.6) is 11.5 Å². The minimum absolute atomic E-state index is 0.0901. The number of benzene rings is 1. The van der Waals surface area contributed by atoms with E-state index in [4.69, 9.17) is 4.42 Å². The van der Waals surface area contributed by atoms with Gasteiger partial charge in [0.1, 0.15) is 5.58 Å². The molecule has 102 valence electrons. The maximum Gasteiger partial charge on any atom is 0.232 e. The molecule has 1 aliphatic rings. The molecule has 3 rings (SSSR count). The molecule has 0 amide bonds. The number of hydrogen-bond donors (Lipinski definition) is 3. The molecular formula is C14H10O6. The third kappa shape index (κ3) is 1.27. The van der Waals surface area contributed by atoms with E-state index in [9.17, 15) is 24.9 Å². The summed E-state index contributed by atoms with van der Waals surface area (Å²) in [5.74, 6) is -2.95. The Bertz CT molecular complexity index is 837. The molecule has 1 aromatic heterocycles. The molecule has 1 aromatic carbocycles. The van der Waals surface area contributed by atoms with Crippen molar-refractivity contribution in [3.05, 3.63) is 34.3 Å². The second kappa shape index (κ2) is 3.63. The molecule has 0 spiro atoms. The molecule has 1 heterocycles. The highest BCUT2D eigenvalue weighted by Gasteiger charge is 2.36. The number of aliphatic hydroxyl groups is 1. The van der Waals surface area contributed by atoms with Crippen molar-refractivity contribution in [1.29, 1.82) is 0 Å². The van der Waals surface area contributed by atoms with Gasteiger partial charge in [0.25, 0.3) is 0 Å². The number of allylic oxidation sites excluding steroid dienone is 2. The van der Waals surface area contributed by atoms with Gasteiger partial charge in [0, 0.05) is 16.5 Å². The first-order valence-electron chi connectivity index (χ1n) is 5.81. The topological polar surface area (TPSA) is 108 Å². The Balaban J connectivity index is 2.48. The summed E-state index contributed by atoms with van der Waals surface area (Å²) < 4.78 is 5.37. The van der Waals surface area contributed by atoms with E-state index in [1.165, 1.54) is 13.8 Å². The summed E-state index contributed by atoms with van der Waals surface area (Å²) in [4.78, 5) is 24.1. The molecule has 0 aliphatic heterocycles. The van der Waals surface area contributed by atoms with Gasteiger partial charge in [0.2, 0.25) is 11.6 Å². The molecule has 0 bridgehead atoms. The fourth-order valence-electron chi connectivity index (χ4n) is 2.32. The van der Waals surface area contributed by atoms with Crippen LogP contribution < -0.4 is 0 Å². The van der Waals surface area contributed by atoms with Gasteiger partial charge in [-0.05, 0) is 19.9 Å². The van der Waals surface area contributed by atoms with E-state index in [1.807, 2.05) is 0 Å². The highest BCUT2D eigenvalue weighted by atomic mass is 16.4. The molecule has 2 aromatic rings. The standard InChI is InChI=1S/C14H10O6/c1-4-10(17)12(19)8-6-3-7(15)9(16)5(2)13(6)20-14(8)11(4)18/h3,15-17H,1-2H3. The first kappa shape index (κ1) is 12.3. The maximum atomic E-state index is 12.1. The first-order valence-corrected chi connectivity index (χ1v) is 5.81. The summed E-state index contributed by atoms with van der Waals surface area (Å²) in [6, 6.07) is 1.14. The van der Waals surface area contributed by atoms with E-state index in [0.717, 1.165) is 6.07 Å². The van der Waals surface area contributed by atoms with Crippen LogP contribution in [0.3, 0.4) is 0 Å². The van der Waals surface area contributed by atoms with E-state index in [2.05, 4.69) is 0 Å². The number of aromatic hydroxyl groups is 2. The van der Waals surface area contributed by atoms with Crippen molar-refractivity contribution in [3.63, 3.8) is 0 Å². The number of phenols is 2. The predicted octanol–water partition coefficient (Wildman–Crippen LogP) is 2.36. The molecule has 1 aliphatic carbocycles. The van der Waals surface area contributed by atoms with Gasteiger partial charge in [-0.2, -0.15) is 0 Å². The van der Waals surface area contributed by atoms with Gasteiger partial charge in [-0.15, -0.1) is 0 Å². The van der Waals surface area contributed by atoms with Crippen LogP contribution >= 0.6 is 0 Å². The first-order chi connectivity index (χ1) is 9.34. The summed E-state index contributed by atoms with van der Waals surface area (Å²) in [5.41, 5.74) is 0.167. The molecule has 0 radical (unpaired) electrons. The van der Waals surface area contributed by atoms with Crippen molar-refractivity contribution in [2.45, 2.75) is 13.8 Å². The fraction of sp³-hybridized carbons (Fsp3) is 0.143. The average Bonchev–Trinajstić information content (AvgIpc) is 2.80. The Labute approximate surface area is 112 Å². The van der Waals surface area contributed by atoms with E-state index < -0.39 is 23.1 Å². The van der Waals surface area contributed by atoms with Crippen LogP contribution in [0, 0.1) is 6.92 Å². The monoisotopic (exact) mass is 274 g/mol. The zero-order valence-electron chi connectivity index (χ0n) is 10.6. The average molecular weight is 274 g/mol. The highest BCUT2D eigenvalue weighted by molar-refractivity contribution is 6.29. The number of carbonyl (C=O) groups is 2. The Morgan fingerprint density at radius 3 is 2.35 bits per heavy atom. The molecule has 0 saturated carbocycles. The number of fused-ring (bicyclic) bond motifs is 3. The van der Waals surface area contributed by atoms with Crippen molar-refractivity contribution in [2.75, 3.05) is 0 Å². The third-order valence-electron chi connectivity index (χ3n) is 3.51. The van der Waals surface area contributed by atoms with E-state index in [-0.39, 0.29) is 39.2 Å². The van der Waals surface area contributed by atoms with E-state index in [0.29, 0.717) is 0 Å². The van der Waals surface area contributed by atoms with Gasteiger partial charge in [0.05, 0.1) is 5.56 Å². The molecule has 0 saturated heterocycles. The Morgan fingerprint density at radius 1 is 1.05 bits per heavy atom. The Morgan fingerprint density at radius 2 is 1.70 bits per heavy atom. The van der Waals surface area contributed by atoms with Crippen LogP contribution in [0.1, 0.15) is 33.4 Å². The van der Waals surface area contributed by atoms with Crippen LogP contribution in [-0.4, -0.2) is 26.9 Å². The second-order valence-electron chi connectivity index (χ2n) is 4.68. The molecule has 0 fully saturated rings. The summed E-state index contributed by atoms with van der Waals surface area (Å²) >= 11 is 0. The molecular weight excluding hydrogens is 264 g/mol. The lowest BCUT2D eigenvalue weighted by atomic mass is 9.92. The lowest BCUT2D eigenvalue weighted by molar-refractivity contribution is 0.0917. The van der Waals surface area contributed by atoms with Crippen molar-refractivity contribution in [2.24, 2.45) is 0 Å². The summed E-state index contributed by atoms with van der Waals surface area (Å²) in [7, 11) is 0. The number of ketones is 2. The lowest BCUT2D eigenvalue weighted by Crippen LogP contribution is -2.19. The van der Waals surface area contributed by atoms with Gasteiger partial charge >= 0.3 is 0 Å². The highest BCUT2D eigenvalue weighted by Crippen LogP contribution is 2.41. The zero-order chi connectivity index (χ0) is 14.8. The molecule has 6 nitrogen and oxygen atoms in total. The minimum Gasteiger partial charge on any atom is -0.504 e. The van der Waals surface area contributed by atoms with Crippen LogP contribution in [0.4, 0.5) is 0 Å².